The minimum atomic E-state index is -4.18. The summed E-state index contributed by atoms with van der Waals surface area (Å²) in [5.41, 5.74) is 2.52. The number of non-ortho nitro benzene ring substituents is 1. The van der Waals surface area contributed by atoms with Crippen LogP contribution in [0.1, 0.15) is 54.4 Å². The molecule has 0 radical (unpaired) electrons. The lowest BCUT2D eigenvalue weighted by molar-refractivity contribution is -0.385. The summed E-state index contributed by atoms with van der Waals surface area (Å²) in [4.78, 5) is 23.2. The molecule has 0 atom stereocenters. The van der Waals surface area contributed by atoms with Crippen molar-refractivity contribution in [1.29, 1.82) is 0 Å². The maximum atomic E-state index is 13.1. The van der Waals surface area contributed by atoms with Gasteiger partial charge in [0.05, 0.1) is 10.6 Å². The predicted molar refractivity (Wildman–Crippen MR) is 139 cm³/mol. The van der Waals surface area contributed by atoms with Gasteiger partial charge in [-0.05, 0) is 64.3 Å². The van der Waals surface area contributed by atoms with Crippen LogP contribution >= 0.6 is 0 Å². The van der Waals surface area contributed by atoms with Crippen molar-refractivity contribution < 1.29 is 22.9 Å². The summed E-state index contributed by atoms with van der Waals surface area (Å²) in [5, 5.41) is 18.7. The summed E-state index contributed by atoms with van der Waals surface area (Å²) in [6.07, 6.45) is 0.735. The highest BCUT2D eigenvalue weighted by Crippen LogP contribution is 2.36. The molecular weight excluding hydrogens is 498 g/mol. The van der Waals surface area contributed by atoms with Crippen LogP contribution in [0.4, 0.5) is 5.69 Å². The van der Waals surface area contributed by atoms with Crippen LogP contribution < -0.4 is 14.8 Å². The van der Waals surface area contributed by atoms with Gasteiger partial charge in [-0.15, -0.1) is 0 Å². The van der Waals surface area contributed by atoms with E-state index in [1.54, 1.807) is 20.8 Å². The fourth-order valence-electron chi connectivity index (χ4n) is 3.63. The fourth-order valence-corrected chi connectivity index (χ4v) is 5.03. The van der Waals surface area contributed by atoms with Crippen LogP contribution in [-0.4, -0.2) is 41.6 Å². The zero-order valence-corrected chi connectivity index (χ0v) is 22.5. The third kappa shape index (κ3) is 6.15. The molecule has 0 fully saturated rings. The lowest BCUT2D eigenvalue weighted by Gasteiger charge is -2.16. The molecule has 0 aliphatic rings. The monoisotopic (exact) mass is 529 g/mol. The first-order chi connectivity index (χ1) is 17.4. The van der Waals surface area contributed by atoms with Gasteiger partial charge in [0.2, 0.25) is 15.9 Å². The Hall–Kier alpha value is -3.77. The number of sulfonamides is 1. The topological polar surface area (TPSA) is 145 Å². The summed E-state index contributed by atoms with van der Waals surface area (Å²) in [5.74, 6) is -0.426. The third-order valence-electron chi connectivity index (χ3n) is 5.44. The van der Waals surface area contributed by atoms with Crippen molar-refractivity contribution in [2.24, 2.45) is 0 Å². The normalized spacial score (nSPS) is 11.5. The summed E-state index contributed by atoms with van der Waals surface area (Å²) in [6, 6.07) is 8.57. The quantitative estimate of drug-likeness (QED) is 0.294. The molecule has 37 heavy (non-hydrogen) atoms. The number of carbonyl (C=O) groups is 1. The molecule has 1 aromatic heterocycles. The number of carbonyl (C=O) groups excluding carboxylic acids is 1. The highest BCUT2D eigenvalue weighted by Gasteiger charge is 2.28. The molecule has 11 nitrogen and oxygen atoms in total. The van der Waals surface area contributed by atoms with Crippen LogP contribution in [0, 0.1) is 30.9 Å². The van der Waals surface area contributed by atoms with Crippen LogP contribution in [0.25, 0.3) is 5.69 Å². The number of ether oxygens (including phenoxy) is 1. The third-order valence-corrected chi connectivity index (χ3v) is 7.12. The van der Waals surface area contributed by atoms with Crippen LogP contribution in [0.15, 0.2) is 41.3 Å². The summed E-state index contributed by atoms with van der Waals surface area (Å²) >= 11 is 0. The van der Waals surface area contributed by atoms with Gasteiger partial charge in [-0.2, -0.15) is 9.78 Å². The number of rotatable bonds is 10. The number of amides is 1. The molecule has 0 unspecified atom stereocenters. The average Bonchev–Trinajstić information content (AvgIpc) is 3.14. The molecule has 3 aromatic rings. The van der Waals surface area contributed by atoms with E-state index in [1.807, 2.05) is 39.0 Å². The number of nitro groups is 1. The van der Waals surface area contributed by atoms with Crippen molar-refractivity contribution in [3.8, 4) is 17.3 Å². The number of aryl methyl sites for hydroxylation is 2. The Morgan fingerprint density at radius 1 is 1.16 bits per heavy atom. The Kier molecular flexibility index (Phi) is 8.34. The van der Waals surface area contributed by atoms with Crippen molar-refractivity contribution in [3.05, 3.63) is 68.9 Å². The molecule has 0 aliphatic heterocycles. The second-order valence-corrected chi connectivity index (χ2v) is 10.7. The SMILES string of the molecule is CCCNC(=O)c1nn(-c2cc(C)ccc2C)c(Oc2ccc([N+](=O)[O-])cc2S(=O)(=O)NC(C)C)c1C. The van der Waals surface area contributed by atoms with Gasteiger partial charge in [-0.3, -0.25) is 14.9 Å². The number of hydrogen-bond donors (Lipinski definition) is 2. The lowest BCUT2D eigenvalue weighted by Crippen LogP contribution is -2.30. The average molecular weight is 530 g/mol. The zero-order valence-electron chi connectivity index (χ0n) is 21.7. The molecule has 12 heteroatoms. The number of nitro benzene ring substituents is 1. The first-order valence-electron chi connectivity index (χ1n) is 11.8. The van der Waals surface area contributed by atoms with Gasteiger partial charge in [-0.1, -0.05) is 19.1 Å². The van der Waals surface area contributed by atoms with Crippen molar-refractivity contribution in [1.82, 2.24) is 19.8 Å². The van der Waals surface area contributed by atoms with Gasteiger partial charge in [0, 0.05) is 30.3 Å². The van der Waals surface area contributed by atoms with Crippen LogP contribution in [0.5, 0.6) is 11.6 Å². The molecule has 2 aromatic carbocycles. The minimum absolute atomic E-state index is 0.116. The van der Waals surface area contributed by atoms with Gasteiger partial charge in [0.25, 0.3) is 11.6 Å². The van der Waals surface area contributed by atoms with Crippen molar-refractivity contribution in [2.75, 3.05) is 6.54 Å². The van der Waals surface area contributed by atoms with Gasteiger partial charge in [0.1, 0.15) is 10.6 Å². The van der Waals surface area contributed by atoms with Crippen LogP contribution in [0.3, 0.4) is 0 Å². The number of hydrogen-bond acceptors (Lipinski definition) is 7. The second-order valence-electron chi connectivity index (χ2n) is 9.00. The Morgan fingerprint density at radius 2 is 1.86 bits per heavy atom. The predicted octanol–water partition coefficient (Wildman–Crippen LogP) is 4.32. The molecule has 0 saturated carbocycles. The van der Waals surface area contributed by atoms with Crippen LogP contribution in [0.2, 0.25) is 0 Å². The highest BCUT2D eigenvalue weighted by atomic mass is 32.2. The number of nitrogens with zero attached hydrogens (tertiary/aromatic N) is 3. The summed E-state index contributed by atoms with van der Waals surface area (Å²) in [7, 11) is -4.18. The molecule has 1 amide bonds. The first kappa shape index (κ1) is 27.8. The molecule has 3 rings (SSSR count). The van der Waals surface area contributed by atoms with E-state index in [-0.39, 0.29) is 17.3 Å². The number of aromatic nitrogens is 2. The molecule has 2 N–H and O–H groups in total. The standard InChI is InChI=1S/C25H31N5O6S/c1-7-12-26-24(31)23-18(6)25(29(27-23)20-13-16(4)8-9-17(20)5)36-21-11-10-19(30(32)33)14-22(21)37(34,35)28-15(2)3/h8-11,13-15,28H,7,12H2,1-6H3,(H,26,31). The maximum absolute atomic E-state index is 13.1. The van der Waals surface area contributed by atoms with E-state index >= 15 is 0 Å². The smallest absolute Gasteiger partial charge is 0.272 e. The van der Waals surface area contributed by atoms with Gasteiger partial charge in [-0.25, -0.2) is 13.1 Å². The van der Waals surface area contributed by atoms with E-state index in [2.05, 4.69) is 15.1 Å². The highest BCUT2D eigenvalue weighted by molar-refractivity contribution is 7.89. The van der Waals surface area contributed by atoms with E-state index in [1.165, 1.54) is 10.7 Å². The summed E-state index contributed by atoms with van der Waals surface area (Å²) < 4.78 is 36.2. The Bertz CT molecular complexity index is 1450. The van der Waals surface area contributed by atoms with Crippen molar-refractivity contribution >= 4 is 21.6 Å². The van der Waals surface area contributed by atoms with Crippen LogP contribution in [-0.2, 0) is 10.0 Å². The van der Waals surface area contributed by atoms with Crippen molar-refractivity contribution in [2.45, 2.75) is 58.9 Å². The molecule has 198 valence electrons. The molecule has 0 saturated heterocycles. The molecule has 0 bridgehead atoms. The number of benzene rings is 2. The maximum Gasteiger partial charge on any atom is 0.272 e. The summed E-state index contributed by atoms with van der Waals surface area (Å²) in [6.45, 7) is 11.1. The first-order valence-corrected chi connectivity index (χ1v) is 13.3. The number of nitrogens with one attached hydrogen (secondary N) is 2. The van der Waals surface area contributed by atoms with Gasteiger partial charge in [0.15, 0.2) is 5.69 Å². The van der Waals surface area contributed by atoms with Gasteiger partial charge < -0.3 is 10.1 Å². The van der Waals surface area contributed by atoms with E-state index in [4.69, 9.17) is 4.74 Å². The molecular formula is C25H31N5O6S. The Balaban J connectivity index is 2.25. The fraction of sp³-hybridized carbons (Fsp3) is 0.360. The van der Waals surface area contributed by atoms with E-state index in [9.17, 15) is 23.3 Å². The van der Waals surface area contributed by atoms with E-state index in [0.717, 1.165) is 29.7 Å². The second kappa shape index (κ2) is 11.1. The van der Waals surface area contributed by atoms with E-state index in [0.29, 0.717) is 17.8 Å². The van der Waals surface area contributed by atoms with Gasteiger partial charge >= 0.3 is 0 Å². The largest absolute Gasteiger partial charge is 0.437 e. The Labute approximate surface area is 216 Å². The Morgan fingerprint density at radius 3 is 2.49 bits per heavy atom. The minimum Gasteiger partial charge on any atom is -0.437 e. The zero-order chi connectivity index (χ0) is 27.5. The molecule has 0 spiro atoms. The lowest BCUT2D eigenvalue weighted by atomic mass is 10.1. The molecule has 1 heterocycles. The van der Waals surface area contributed by atoms with Crippen molar-refractivity contribution in [3.63, 3.8) is 0 Å². The molecule has 0 aliphatic carbocycles. The van der Waals surface area contributed by atoms with E-state index < -0.39 is 37.5 Å².